The molecule has 0 saturated carbocycles. The highest BCUT2D eigenvalue weighted by Crippen LogP contribution is 2.30. The van der Waals surface area contributed by atoms with Crippen LogP contribution in [0.4, 0.5) is 0 Å². The Balaban J connectivity index is 1.32. The lowest BCUT2D eigenvalue weighted by molar-refractivity contribution is 0.0501. The molecule has 0 bridgehead atoms. The van der Waals surface area contributed by atoms with Gasteiger partial charge in [-0.25, -0.2) is 0 Å². The van der Waals surface area contributed by atoms with E-state index in [9.17, 15) is 9.90 Å². The first-order chi connectivity index (χ1) is 17.6. The van der Waals surface area contributed by atoms with Gasteiger partial charge in [-0.05, 0) is 48.9 Å². The number of β-amino-alcohol motifs (C(OH)–C–C–N with tert-alkyl or cyclic N) is 1. The van der Waals surface area contributed by atoms with Crippen LogP contribution in [0.25, 0.3) is 0 Å². The van der Waals surface area contributed by atoms with Gasteiger partial charge in [0.25, 0.3) is 5.91 Å². The van der Waals surface area contributed by atoms with Crippen LogP contribution in [-0.4, -0.2) is 65.8 Å². The van der Waals surface area contributed by atoms with Crippen molar-refractivity contribution in [1.29, 1.82) is 0 Å². The van der Waals surface area contributed by atoms with Crippen LogP contribution in [0, 0.1) is 0 Å². The number of carbonyl (C=O) groups excluding carboxylic acids is 1. The van der Waals surface area contributed by atoms with E-state index in [4.69, 9.17) is 9.47 Å². The van der Waals surface area contributed by atoms with Crippen LogP contribution >= 0.6 is 0 Å². The molecule has 196 valence electrons. The quantitative estimate of drug-likeness (QED) is 0.418. The molecule has 0 saturated heterocycles. The molecule has 0 spiro atoms. The fraction of sp³-hybridized carbons (Fsp3) is 0.567. The second-order valence-corrected chi connectivity index (χ2v) is 10.2. The molecule has 1 N–H and O–H groups in total. The Hall–Kier alpha value is -2.57. The van der Waals surface area contributed by atoms with Crippen LogP contribution in [0.15, 0.2) is 42.5 Å². The zero-order chi connectivity index (χ0) is 25.3. The van der Waals surface area contributed by atoms with E-state index in [0.29, 0.717) is 37.6 Å². The summed E-state index contributed by atoms with van der Waals surface area (Å²) in [6.45, 7) is 7.85. The molecule has 6 heteroatoms. The predicted octanol–water partition coefficient (Wildman–Crippen LogP) is 5.07. The third kappa shape index (κ3) is 7.01. The fourth-order valence-corrected chi connectivity index (χ4v) is 5.24. The molecule has 0 aliphatic carbocycles. The van der Waals surface area contributed by atoms with E-state index in [2.05, 4.69) is 43.0 Å². The van der Waals surface area contributed by atoms with Crippen molar-refractivity contribution >= 4 is 5.91 Å². The molecule has 4 rings (SSSR count). The third-order valence-electron chi connectivity index (χ3n) is 7.34. The number of amides is 1. The van der Waals surface area contributed by atoms with Crippen molar-refractivity contribution in [3.63, 3.8) is 0 Å². The van der Waals surface area contributed by atoms with Gasteiger partial charge in [-0.3, -0.25) is 9.69 Å². The van der Waals surface area contributed by atoms with E-state index in [1.165, 1.54) is 36.8 Å². The van der Waals surface area contributed by atoms with Crippen molar-refractivity contribution in [2.45, 2.75) is 77.5 Å². The van der Waals surface area contributed by atoms with Crippen molar-refractivity contribution < 1.29 is 19.4 Å². The van der Waals surface area contributed by atoms with E-state index in [1.807, 2.05) is 18.2 Å². The summed E-state index contributed by atoms with van der Waals surface area (Å²) in [4.78, 5) is 17.3. The minimum absolute atomic E-state index is 0.0938. The number of nitrogens with zero attached hydrogens (tertiary/aromatic N) is 2. The first kappa shape index (κ1) is 26.5. The van der Waals surface area contributed by atoms with Crippen molar-refractivity contribution in [2.24, 2.45) is 0 Å². The maximum absolute atomic E-state index is 13.3. The molecule has 0 fully saturated rings. The number of unbranched alkanes of at least 4 members (excludes halogenated alkanes) is 3. The Kier molecular flexibility index (Phi) is 9.65. The average molecular weight is 495 g/mol. The van der Waals surface area contributed by atoms with Crippen LogP contribution in [0.3, 0.4) is 0 Å². The monoisotopic (exact) mass is 494 g/mol. The van der Waals surface area contributed by atoms with Crippen LogP contribution < -0.4 is 9.47 Å². The maximum atomic E-state index is 13.3. The van der Waals surface area contributed by atoms with Gasteiger partial charge in [-0.1, -0.05) is 57.4 Å². The summed E-state index contributed by atoms with van der Waals surface area (Å²) >= 11 is 0. The molecule has 6 nitrogen and oxygen atoms in total. The number of hydrogen-bond acceptors (Lipinski definition) is 5. The molecular formula is C30H42N2O4. The third-order valence-corrected chi connectivity index (χ3v) is 7.34. The van der Waals surface area contributed by atoms with E-state index in [1.54, 1.807) is 4.90 Å². The SMILES string of the molecule is CCCCCCC(CC)Oc1ccc2c(c1)OCCN(CC(O)CN1CCc3ccccc3C1)C2=O. The summed E-state index contributed by atoms with van der Waals surface area (Å²) in [5, 5.41) is 10.8. The number of benzene rings is 2. The van der Waals surface area contributed by atoms with E-state index >= 15 is 0 Å². The van der Waals surface area contributed by atoms with Crippen LogP contribution in [0.5, 0.6) is 11.5 Å². The molecule has 2 aromatic rings. The predicted molar refractivity (Wildman–Crippen MR) is 143 cm³/mol. The minimum atomic E-state index is -0.610. The second-order valence-electron chi connectivity index (χ2n) is 10.2. The highest BCUT2D eigenvalue weighted by atomic mass is 16.5. The fourth-order valence-electron chi connectivity index (χ4n) is 5.24. The minimum Gasteiger partial charge on any atom is -0.491 e. The maximum Gasteiger partial charge on any atom is 0.257 e. The topological polar surface area (TPSA) is 62.2 Å². The molecular weight excluding hydrogens is 452 g/mol. The standard InChI is InChI=1S/C30H42N2O4/c1-3-5-6-7-12-26(4-2)36-27-13-14-28-29(19-27)35-18-17-32(30(28)34)22-25(33)21-31-16-15-23-10-8-9-11-24(23)20-31/h8-11,13-14,19,25-26,33H,3-7,12,15-18,20-22H2,1-2H3. The van der Waals surface area contributed by atoms with Crippen molar-refractivity contribution in [1.82, 2.24) is 9.80 Å². The lowest BCUT2D eigenvalue weighted by Crippen LogP contribution is -2.44. The molecule has 2 aromatic carbocycles. The molecule has 0 radical (unpaired) electrons. The number of hydrogen-bond donors (Lipinski definition) is 1. The summed E-state index contributed by atoms with van der Waals surface area (Å²) in [7, 11) is 0. The van der Waals surface area contributed by atoms with Crippen molar-refractivity contribution in [2.75, 3.05) is 32.8 Å². The van der Waals surface area contributed by atoms with Crippen molar-refractivity contribution in [3.05, 3.63) is 59.2 Å². The molecule has 2 atom stereocenters. The van der Waals surface area contributed by atoms with Crippen LogP contribution in [-0.2, 0) is 13.0 Å². The Bertz CT molecular complexity index is 995. The Morgan fingerprint density at radius 2 is 1.86 bits per heavy atom. The number of aliphatic hydroxyl groups is 1. The lowest BCUT2D eigenvalue weighted by Gasteiger charge is -2.32. The van der Waals surface area contributed by atoms with Crippen LogP contribution in [0.2, 0.25) is 0 Å². The second kappa shape index (κ2) is 13.1. The molecule has 2 unspecified atom stereocenters. The summed E-state index contributed by atoms with van der Waals surface area (Å²) in [6, 6.07) is 14.0. The molecule has 1 amide bonds. The highest BCUT2D eigenvalue weighted by Gasteiger charge is 2.27. The zero-order valence-electron chi connectivity index (χ0n) is 22.0. The smallest absolute Gasteiger partial charge is 0.257 e. The number of fused-ring (bicyclic) bond motifs is 2. The number of carbonyl (C=O) groups is 1. The Morgan fingerprint density at radius 3 is 2.67 bits per heavy atom. The van der Waals surface area contributed by atoms with E-state index in [0.717, 1.165) is 38.1 Å². The van der Waals surface area contributed by atoms with Gasteiger partial charge in [-0.15, -0.1) is 0 Å². The Labute approximate surface area is 216 Å². The van der Waals surface area contributed by atoms with Gasteiger partial charge in [0.2, 0.25) is 0 Å². The summed E-state index contributed by atoms with van der Waals surface area (Å²) in [5.74, 6) is 1.23. The molecule has 36 heavy (non-hydrogen) atoms. The Morgan fingerprint density at radius 1 is 1.03 bits per heavy atom. The van der Waals surface area contributed by atoms with Gasteiger partial charge < -0.3 is 19.5 Å². The normalized spacial score (nSPS) is 17.5. The largest absolute Gasteiger partial charge is 0.491 e. The number of ether oxygens (including phenoxy) is 2. The van der Waals surface area contributed by atoms with Gasteiger partial charge in [0.15, 0.2) is 0 Å². The van der Waals surface area contributed by atoms with Gasteiger partial charge in [-0.2, -0.15) is 0 Å². The van der Waals surface area contributed by atoms with E-state index < -0.39 is 6.10 Å². The average Bonchev–Trinajstić information content (AvgIpc) is 3.04. The first-order valence-corrected chi connectivity index (χ1v) is 13.8. The summed E-state index contributed by atoms with van der Waals surface area (Å²) in [5.41, 5.74) is 3.26. The van der Waals surface area contributed by atoms with Crippen LogP contribution in [0.1, 0.15) is 73.9 Å². The van der Waals surface area contributed by atoms with Crippen molar-refractivity contribution in [3.8, 4) is 11.5 Å². The zero-order valence-corrected chi connectivity index (χ0v) is 22.0. The molecule has 0 aromatic heterocycles. The number of rotatable bonds is 12. The van der Waals surface area contributed by atoms with E-state index in [-0.39, 0.29) is 12.0 Å². The lowest BCUT2D eigenvalue weighted by atomic mass is 10.00. The first-order valence-electron chi connectivity index (χ1n) is 13.8. The van der Waals surface area contributed by atoms with Gasteiger partial charge >= 0.3 is 0 Å². The van der Waals surface area contributed by atoms with Gasteiger partial charge in [0.1, 0.15) is 18.1 Å². The van der Waals surface area contributed by atoms with Gasteiger partial charge in [0.05, 0.1) is 24.3 Å². The molecule has 2 aliphatic heterocycles. The molecule has 2 heterocycles. The molecule has 2 aliphatic rings. The summed E-state index contributed by atoms with van der Waals surface area (Å²) < 4.78 is 12.2. The van der Waals surface area contributed by atoms with Gasteiger partial charge in [0, 0.05) is 32.2 Å². The highest BCUT2D eigenvalue weighted by molar-refractivity contribution is 5.97. The number of aliphatic hydroxyl groups excluding tert-OH is 1. The summed E-state index contributed by atoms with van der Waals surface area (Å²) in [6.07, 6.45) is 7.47.